The molecule has 96 valence electrons. The van der Waals surface area contributed by atoms with Crippen molar-refractivity contribution >= 4 is 50.5 Å². The summed E-state index contributed by atoms with van der Waals surface area (Å²) in [7, 11) is 0. The van der Waals surface area contributed by atoms with E-state index in [1.807, 2.05) is 0 Å². The minimum Gasteiger partial charge on any atom is -0.240 e. The highest BCUT2D eigenvalue weighted by Gasteiger charge is 2.23. The highest BCUT2D eigenvalue weighted by Crippen LogP contribution is 2.35. The molecule has 7 heteroatoms. The first-order valence-electron chi connectivity index (χ1n) is 5.14. The van der Waals surface area contributed by atoms with Crippen LogP contribution in [-0.2, 0) is 5.41 Å². The molecule has 0 radical (unpaired) electrons. The first-order valence-corrected chi connectivity index (χ1v) is 7.51. The van der Waals surface area contributed by atoms with Gasteiger partial charge in [0, 0.05) is 5.41 Å². The highest BCUT2D eigenvalue weighted by atomic mass is 79.9. The fourth-order valence-corrected chi connectivity index (χ4v) is 3.16. The fourth-order valence-electron chi connectivity index (χ4n) is 1.37. The summed E-state index contributed by atoms with van der Waals surface area (Å²) < 4.78 is 1.33. The zero-order valence-electron chi connectivity index (χ0n) is 9.96. The zero-order chi connectivity index (χ0) is 13.5. The summed E-state index contributed by atoms with van der Waals surface area (Å²) in [6.45, 7) is 6.19. The van der Waals surface area contributed by atoms with Gasteiger partial charge in [-0.3, -0.25) is 0 Å². The Morgan fingerprint density at radius 1 is 1.22 bits per heavy atom. The minimum absolute atomic E-state index is 0.138. The van der Waals surface area contributed by atoms with Gasteiger partial charge in [0.05, 0.1) is 16.4 Å². The average Bonchev–Trinajstić information content (AvgIpc) is 2.67. The Balaban J connectivity index is 2.61. The molecule has 0 atom stereocenters. The first-order chi connectivity index (χ1) is 8.29. The molecule has 0 amide bonds. The lowest BCUT2D eigenvalue weighted by Crippen LogP contribution is -2.16. The third-order valence-electron chi connectivity index (χ3n) is 2.19. The van der Waals surface area contributed by atoms with Crippen LogP contribution < -0.4 is 0 Å². The molecule has 0 aromatic carbocycles. The van der Waals surface area contributed by atoms with Crippen molar-refractivity contribution in [3.05, 3.63) is 25.9 Å². The van der Waals surface area contributed by atoms with E-state index in [1.54, 1.807) is 6.20 Å². The van der Waals surface area contributed by atoms with Gasteiger partial charge in [-0.05, 0) is 15.9 Å². The normalized spacial score (nSPS) is 11.9. The van der Waals surface area contributed by atoms with E-state index >= 15 is 0 Å². The van der Waals surface area contributed by atoms with Crippen LogP contribution in [0.15, 0.2) is 10.7 Å². The number of hydrogen-bond donors (Lipinski definition) is 0. The van der Waals surface area contributed by atoms with Gasteiger partial charge >= 0.3 is 0 Å². The first kappa shape index (κ1) is 14.2. The summed E-state index contributed by atoms with van der Waals surface area (Å²) in [6.07, 6.45) is 1.58. The maximum atomic E-state index is 6.13. The lowest BCUT2D eigenvalue weighted by Gasteiger charge is -2.20. The third kappa shape index (κ3) is 2.85. The summed E-state index contributed by atoms with van der Waals surface area (Å²) in [5, 5.41) is 1.05. The van der Waals surface area contributed by atoms with E-state index in [9.17, 15) is 0 Å². The molecular weight excluding hydrogens is 357 g/mol. The number of nitrogens with zero attached hydrogens (tertiary/aromatic N) is 3. The Hall–Kier alpha value is -0.230. The van der Waals surface area contributed by atoms with Crippen molar-refractivity contribution in [2.45, 2.75) is 26.2 Å². The molecule has 2 aromatic heterocycles. The van der Waals surface area contributed by atoms with E-state index in [0.717, 1.165) is 10.2 Å². The van der Waals surface area contributed by atoms with Gasteiger partial charge < -0.3 is 0 Å². The van der Waals surface area contributed by atoms with E-state index in [0.29, 0.717) is 20.3 Å². The van der Waals surface area contributed by atoms with Crippen LogP contribution in [0, 0.1) is 0 Å². The number of hydrogen-bond acceptors (Lipinski definition) is 4. The molecule has 2 rings (SSSR count). The van der Waals surface area contributed by atoms with Gasteiger partial charge in [0.2, 0.25) is 0 Å². The van der Waals surface area contributed by atoms with Crippen LogP contribution in [0.2, 0.25) is 9.49 Å². The maximum Gasteiger partial charge on any atom is 0.190 e. The second kappa shape index (κ2) is 5.04. The largest absolute Gasteiger partial charge is 0.240 e. The third-order valence-corrected chi connectivity index (χ3v) is 4.55. The molecule has 3 nitrogen and oxygen atoms in total. The van der Waals surface area contributed by atoms with Gasteiger partial charge in [-0.2, -0.15) is 0 Å². The Labute approximate surface area is 128 Å². The van der Waals surface area contributed by atoms with E-state index in [2.05, 4.69) is 51.7 Å². The Morgan fingerprint density at radius 3 is 2.39 bits per heavy atom. The summed E-state index contributed by atoms with van der Waals surface area (Å²) in [4.78, 5) is 12.9. The maximum absolute atomic E-state index is 6.13. The SMILES string of the molecule is CC(C)(C)c1nc(-c2ncc(Cl)s2)nc(Cl)c1Br. The standard InChI is InChI=1S/C11H10BrCl2N3S/c1-11(2,3)7-6(12)8(14)17-9(16-7)10-15-4-5(13)18-10/h4H,1-3H3. The number of rotatable bonds is 1. The Kier molecular flexibility index (Phi) is 3.97. The van der Waals surface area contributed by atoms with Crippen LogP contribution in [0.1, 0.15) is 26.5 Å². The molecule has 0 aliphatic heterocycles. The molecule has 0 spiro atoms. The van der Waals surface area contributed by atoms with Crippen molar-refractivity contribution < 1.29 is 0 Å². The molecule has 0 unspecified atom stereocenters. The fraction of sp³-hybridized carbons (Fsp3) is 0.364. The van der Waals surface area contributed by atoms with Crippen molar-refractivity contribution in [3.63, 3.8) is 0 Å². The van der Waals surface area contributed by atoms with Crippen LogP contribution in [0.25, 0.3) is 10.8 Å². The summed E-state index contributed by atoms with van der Waals surface area (Å²) >= 11 is 16.8. The zero-order valence-corrected chi connectivity index (χ0v) is 13.9. The van der Waals surface area contributed by atoms with E-state index in [-0.39, 0.29) is 5.41 Å². The van der Waals surface area contributed by atoms with E-state index in [4.69, 9.17) is 23.2 Å². The molecule has 2 aromatic rings. The van der Waals surface area contributed by atoms with Crippen molar-refractivity contribution in [2.24, 2.45) is 0 Å². The lowest BCUT2D eigenvalue weighted by molar-refractivity contribution is 0.564. The van der Waals surface area contributed by atoms with Gasteiger partial charge in [-0.1, -0.05) is 55.3 Å². The van der Waals surface area contributed by atoms with Crippen LogP contribution in [0.5, 0.6) is 0 Å². The van der Waals surface area contributed by atoms with E-state index in [1.165, 1.54) is 11.3 Å². The van der Waals surface area contributed by atoms with Crippen LogP contribution in [0.3, 0.4) is 0 Å². The molecule has 0 bridgehead atoms. The highest BCUT2D eigenvalue weighted by molar-refractivity contribution is 9.10. The van der Waals surface area contributed by atoms with Crippen molar-refractivity contribution in [1.29, 1.82) is 0 Å². The van der Waals surface area contributed by atoms with Crippen LogP contribution in [-0.4, -0.2) is 15.0 Å². The molecule has 0 aliphatic rings. The van der Waals surface area contributed by atoms with Crippen LogP contribution in [0.4, 0.5) is 0 Å². The van der Waals surface area contributed by atoms with E-state index < -0.39 is 0 Å². The molecular formula is C11H10BrCl2N3S. The number of thiazole rings is 1. The summed E-state index contributed by atoms with van der Waals surface area (Å²) in [5.74, 6) is 0.505. The molecule has 2 heterocycles. The lowest BCUT2D eigenvalue weighted by atomic mass is 9.92. The average molecular weight is 367 g/mol. The number of aromatic nitrogens is 3. The molecule has 0 fully saturated rings. The molecule has 18 heavy (non-hydrogen) atoms. The predicted octanol–water partition coefficient (Wildman–Crippen LogP) is 4.97. The second-order valence-corrected chi connectivity index (χ2v) is 7.53. The molecule has 0 saturated carbocycles. The molecule has 0 saturated heterocycles. The molecule has 0 N–H and O–H groups in total. The summed E-state index contributed by atoms with van der Waals surface area (Å²) in [6, 6.07) is 0. The topological polar surface area (TPSA) is 38.7 Å². The Bertz CT molecular complexity index is 592. The monoisotopic (exact) mass is 365 g/mol. The van der Waals surface area contributed by atoms with Crippen LogP contribution >= 0.6 is 50.5 Å². The van der Waals surface area contributed by atoms with Gasteiger partial charge in [-0.25, -0.2) is 15.0 Å². The van der Waals surface area contributed by atoms with Crippen molar-refractivity contribution in [1.82, 2.24) is 15.0 Å². The van der Waals surface area contributed by atoms with Gasteiger partial charge in [0.25, 0.3) is 0 Å². The van der Waals surface area contributed by atoms with Gasteiger partial charge in [0.15, 0.2) is 10.8 Å². The number of halogens is 3. The molecule has 0 aliphatic carbocycles. The van der Waals surface area contributed by atoms with Crippen molar-refractivity contribution in [3.8, 4) is 10.8 Å². The van der Waals surface area contributed by atoms with Crippen molar-refractivity contribution in [2.75, 3.05) is 0 Å². The minimum atomic E-state index is -0.138. The Morgan fingerprint density at radius 2 is 1.89 bits per heavy atom. The summed E-state index contributed by atoms with van der Waals surface area (Å²) in [5.41, 5.74) is 0.713. The smallest absolute Gasteiger partial charge is 0.190 e. The predicted molar refractivity (Wildman–Crippen MR) is 79.6 cm³/mol. The quantitative estimate of drug-likeness (QED) is 0.669. The van der Waals surface area contributed by atoms with Gasteiger partial charge in [0.1, 0.15) is 9.49 Å². The second-order valence-electron chi connectivity index (χ2n) is 4.72. The van der Waals surface area contributed by atoms with Gasteiger partial charge in [-0.15, -0.1) is 0 Å².